The van der Waals surface area contributed by atoms with Crippen molar-refractivity contribution in [2.45, 2.75) is 31.9 Å². The lowest BCUT2D eigenvalue weighted by Crippen LogP contribution is -2.36. The number of hydrogen-bond donors (Lipinski definition) is 1. The minimum atomic E-state index is -0.209. The molecule has 1 amide bonds. The van der Waals surface area contributed by atoms with E-state index in [1.165, 1.54) is 12.8 Å². The minimum absolute atomic E-state index is 0.209. The summed E-state index contributed by atoms with van der Waals surface area (Å²) in [5.41, 5.74) is 7.25. The molecule has 2 unspecified atom stereocenters. The summed E-state index contributed by atoms with van der Waals surface area (Å²) in [6.07, 6.45) is 3.32. The van der Waals surface area contributed by atoms with Crippen LogP contribution in [0, 0.1) is 11.8 Å². The molecule has 0 aromatic heterocycles. The highest BCUT2D eigenvalue weighted by atomic mass is 16.6. The van der Waals surface area contributed by atoms with Gasteiger partial charge in [-0.15, -0.1) is 0 Å². The van der Waals surface area contributed by atoms with E-state index >= 15 is 0 Å². The van der Waals surface area contributed by atoms with E-state index < -0.39 is 0 Å². The zero-order valence-electron chi connectivity index (χ0n) is 11.7. The number of ether oxygens (including phenoxy) is 1. The van der Waals surface area contributed by atoms with E-state index in [1.54, 1.807) is 4.90 Å². The molecule has 4 heteroatoms. The maximum absolute atomic E-state index is 12.0. The minimum Gasteiger partial charge on any atom is -0.445 e. The molecule has 108 valence electrons. The van der Waals surface area contributed by atoms with Crippen molar-refractivity contribution in [2.24, 2.45) is 17.6 Å². The number of hydrogen-bond acceptors (Lipinski definition) is 3. The predicted molar refractivity (Wildman–Crippen MR) is 77.0 cm³/mol. The van der Waals surface area contributed by atoms with Gasteiger partial charge < -0.3 is 15.4 Å². The van der Waals surface area contributed by atoms with E-state index in [2.05, 4.69) is 0 Å². The lowest BCUT2D eigenvalue weighted by Gasteiger charge is -2.20. The van der Waals surface area contributed by atoms with Crippen LogP contribution in [0.15, 0.2) is 30.3 Å². The molecule has 1 aromatic carbocycles. The topological polar surface area (TPSA) is 55.6 Å². The number of nitrogens with zero attached hydrogens (tertiary/aromatic N) is 1. The zero-order chi connectivity index (χ0) is 13.9. The molecule has 20 heavy (non-hydrogen) atoms. The third-order valence-electron chi connectivity index (χ3n) is 4.40. The summed E-state index contributed by atoms with van der Waals surface area (Å²) in [4.78, 5) is 13.8. The average Bonchev–Trinajstić information content (AvgIpc) is 3.22. The first-order valence-electron chi connectivity index (χ1n) is 7.45. The Hall–Kier alpha value is -1.55. The SMILES string of the molecule is NC(C1CC1)C1CCN(C(=O)OCc2ccccc2)C1. The highest BCUT2D eigenvalue weighted by molar-refractivity contribution is 5.68. The molecule has 4 nitrogen and oxygen atoms in total. The van der Waals surface area contributed by atoms with Gasteiger partial charge in [0.1, 0.15) is 6.61 Å². The lowest BCUT2D eigenvalue weighted by atomic mass is 9.96. The van der Waals surface area contributed by atoms with E-state index in [1.807, 2.05) is 30.3 Å². The number of rotatable bonds is 4. The molecule has 2 atom stereocenters. The van der Waals surface area contributed by atoms with Crippen LogP contribution in [-0.4, -0.2) is 30.1 Å². The van der Waals surface area contributed by atoms with Crippen LogP contribution in [0.4, 0.5) is 4.79 Å². The molecule has 1 heterocycles. The number of carbonyl (C=O) groups excluding carboxylic acids is 1. The van der Waals surface area contributed by atoms with Gasteiger partial charge in [0.05, 0.1) is 0 Å². The van der Waals surface area contributed by atoms with Gasteiger partial charge in [-0.2, -0.15) is 0 Å². The Balaban J connectivity index is 1.46. The van der Waals surface area contributed by atoms with Gasteiger partial charge in [0.25, 0.3) is 0 Å². The summed E-state index contributed by atoms with van der Waals surface area (Å²) in [6.45, 7) is 1.87. The van der Waals surface area contributed by atoms with Crippen molar-refractivity contribution in [3.63, 3.8) is 0 Å². The van der Waals surface area contributed by atoms with Gasteiger partial charge >= 0.3 is 6.09 Å². The van der Waals surface area contributed by atoms with Crippen LogP contribution in [0.5, 0.6) is 0 Å². The van der Waals surface area contributed by atoms with Crippen molar-refractivity contribution in [1.29, 1.82) is 0 Å². The fourth-order valence-corrected chi connectivity index (χ4v) is 2.94. The van der Waals surface area contributed by atoms with E-state index in [9.17, 15) is 4.79 Å². The fraction of sp³-hybridized carbons (Fsp3) is 0.562. The van der Waals surface area contributed by atoms with Crippen molar-refractivity contribution in [3.8, 4) is 0 Å². The molecule has 2 aliphatic rings. The highest BCUT2D eigenvalue weighted by Crippen LogP contribution is 2.37. The first-order chi connectivity index (χ1) is 9.74. The molecule has 0 spiro atoms. The molecule has 0 radical (unpaired) electrons. The van der Waals surface area contributed by atoms with Gasteiger partial charge in [0.15, 0.2) is 0 Å². The number of benzene rings is 1. The van der Waals surface area contributed by atoms with Crippen LogP contribution in [0.25, 0.3) is 0 Å². The predicted octanol–water partition coefficient (Wildman–Crippen LogP) is 2.38. The zero-order valence-corrected chi connectivity index (χ0v) is 11.7. The van der Waals surface area contributed by atoms with Gasteiger partial charge in [0.2, 0.25) is 0 Å². The average molecular weight is 274 g/mol. The van der Waals surface area contributed by atoms with Crippen molar-refractivity contribution in [1.82, 2.24) is 4.90 Å². The van der Waals surface area contributed by atoms with Gasteiger partial charge in [0, 0.05) is 19.1 Å². The van der Waals surface area contributed by atoms with E-state index in [4.69, 9.17) is 10.5 Å². The summed E-state index contributed by atoms with van der Waals surface area (Å²) in [6, 6.07) is 10.0. The van der Waals surface area contributed by atoms with Gasteiger partial charge in [-0.1, -0.05) is 30.3 Å². The van der Waals surface area contributed by atoms with Crippen molar-refractivity contribution in [2.75, 3.05) is 13.1 Å². The van der Waals surface area contributed by atoms with Crippen molar-refractivity contribution >= 4 is 6.09 Å². The number of nitrogens with two attached hydrogens (primary N) is 1. The lowest BCUT2D eigenvalue weighted by molar-refractivity contribution is 0.102. The Morgan fingerprint density at radius 2 is 2.00 bits per heavy atom. The second-order valence-electron chi connectivity index (χ2n) is 5.95. The van der Waals surface area contributed by atoms with Crippen LogP contribution in [-0.2, 0) is 11.3 Å². The Kier molecular flexibility index (Phi) is 3.92. The highest BCUT2D eigenvalue weighted by Gasteiger charge is 2.38. The molecular weight excluding hydrogens is 252 g/mol. The number of carbonyl (C=O) groups is 1. The molecule has 3 rings (SSSR count). The standard InChI is InChI=1S/C16H22N2O2/c17-15(13-6-7-13)14-8-9-18(10-14)16(19)20-11-12-4-2-1-3-5-12/h1-5,13-15H,6-11,17H2. The Morgan fingerprint density at radius 1 is 1.25 bits per heavy atom. The molecule has 0 bridgehead atoms. The smallest absolute Gasteiger partial charge is 0.410 e. The number of likely N-dealkylation sites (tertiary alicyclic amines) is 1. The Morgan fingerprint density at radius 3 is 2.70 bits per heavy atom. The molecular formula is C16H22N2O2. The van der Waals surface area contributed by atoms with Gasteiger partial charge in [-0.25, -0.2) is 4.79 Å². The third kappa shape index (κ3) is 3.12. The quantitative estimate of drug-likeness (QED) is 0.917. The number of amides is 1. The van der Waals surface area contributed by atoms with Crippen LogP contribution in [0.2, 0.25) is 0 Å². The first kappa shape index (κ1) is 13.4. The van der Waals surface area contributed by atoms with Crippen LogP contribution >= 0.6 is 0 Å². The first-order valence-corrected chi connectivity index (χ1v) is 7.45. The van der Waals surface area contributed by atoms with Crippen LogP contribution < -0.4 is 5.73 Å². The maximum atomic E-state index is 12.0. The van der Waals surface area contributed by atoms with E-state index in [-0.39, 0.29) is 12.1 Å². The van der Waals surface area contributed by atoms with E-state index in [0.29, 0.717) is 18.4 Å². The van der Waals surface area contributed by atoms with Gasteiger partial charge in [-0.3, -0.25) is 0 Å². The summed E-state index contributed by atoms with van der Waals surface area (Å²) >= 11 is 0. The van der Waals surface area contributed by atoms with Crippen molar-refractivity contribution in [3.05, 3.63) is 35.9 Å². The second kappa shape index (κ2) is 5.83. The summed E-state index contributed by atoms with van der Waals surface area (Å²) in [7, 11) is 0. The maximum Gasteiger partial charge on any atom is 0.410 e. The molecule has 1 aromatic rings. The normalized spacial score (nSPS) is 23.6. The molecule has 2 fully saturated rings. The third-order valence-corrected chi connectivity index (χ3v) is 4.40. The molecule has 1 saturated carbocycles. The largest absolute Gasteiger partial charge is 0.445 e. The van der Waals surface area contributed by atoms with Gasteiger partial charge in [-0.05, 0) is 36.7 Å². The van der Waals surface area contributed by atoms with Crippen LogP contribution in [0.1, 0.15) is 24.8 Å². The summed E-state index contributed by atoms with van der Waals surface area (Å²) in [5.74, 6) is 1.15. The van der Waals surface area contributed by atoms with Crippen molar-refractivity contribution < 1.29 is 9.53 Å². The molecule has 1 aliphatic carbocycles. The molecule has 1 aliphatic heterocycles. The molecule has 1 saturated heterocycles. The Labute approximate surface area is 119 Å². The second-order valence-corrected chi connectivity index (χ2v) is 5.95. The molecule has 2 N–H and O–H groups in total. The fourth-order valence-electron chi connectivity index (χ4n) is 2.94. The summed E-state index contributed by atoms with van der Waals surface area (Å²) in [5, 5.41) is 0. The Bertz CT molecular complexity index is 459. The van der Waals surface area contributed by atoms with E-state index in [0.717, 1.165) is 25.1 Å². The monoisotopic (exact) mass is 274 g/mol. The summed E-state index contributed by atoms with van der Waals surface area (Å²) < 4.78 is 5.36. The van der Waals surface area contributed by atoms with Crippen LogP contribution in [0.3, 0.4) is 0 Å².